The van der Waals surface area contributed by atoms with Crippen LogP contribution >= 0.6 is 15.9 Å². The molecule has 3 rings (SSSR count). The smallest absolute Gasteiger partial charge is 0.387 e. The Bertz CT molecular complexity index is 842. The SMILES string of the molecule is O=C(/C=C/c1cc(Br)ccc1OC(F)F)NCc1ccc2c(c1)OCO2. The van der Waals surface area contributed by atoms with Crippen LogP contribution in [0.15, 0.2) is 46.9 Å². The average Bonchev–Trinajstić information content (AvgIpc) is 3.07. The van der Waals surface area contributed by atoms with Crippen molar-refractivity contribution in [1.29, 1.82) is 0 Å². The van der Waals surface area contributed by atoms with Gasteiger partial charge in [0.05, 0.1) is 0 Å². The zero-order valence-corrected chi connectivity index (χ0v) is 15.0. The molecule has 1 heterocycles. The Labute approximate surface area is 156 Å². The maximum Gasteiger partial charge on any atom is 0.387 e. The third-order valence-corrected chi connectivity index (χ3v) is 4.00. The van der Waals surface area contributed by atoms with E-state index < -0.39 is 6.61 Å². The Hall–Kier alpha value is -2.61. The van der Waals surface area contributed by atoms with Crippen LogP contribution in [0.1, 0.15) is 11.1 Å². The highest BCUT2D eigenvalue weighted by Crippen LogP contribution is 2.32. The lowest BCUT2D eigenvalue weighted by Crippen LogP contribution is -2.20. The van der Waals surface area contributed by atoms with Gasteiger partial charge in [-0.3, -0.25) is 4.79 Å². The lowest BCUT2D eigenvalue weighted by molar-refractivity contribution is -0.116. The third kappa shape index (κ3) is 4.72. The molecule has 1 amide bonds. The molecule has 26 heavy (non-hydrogen) atoms. The number of ether oxygens (including phenoxy) is 3. The zero-order chi connectivity index (χ0) is 18.5. The largest absolute Gasteiger partial charge is 0.454 e. The summed E-state index contributed by atoms with van der Waals surface area (Å²) < 4.78 is 40.5. The molecule has 136 valence electrons. The van der Waals surface area contributed by atoms with Gasteiger partial charge in [-0.25, -0.2) is 0 Å². The summed E-state index contributed by atoms with van der Waals surface area (Å²) in [5.74, 6) is 0.921. The monoisotopic (exact) mass is 425 g/mol. The number of carbonyl (C=O) groups is 1. The van der Waals surface area contributed by atoms with Gasteiger partial charge >= 0.3 is 6.61 Å². The van der Waals surface area contributed by atoms with Gasteiger partial charge in [0.25, 0.3) is 0 Å². The van der Waals surface area contributed by atoms with E-state index in [1.807, 2.05) is 6.07 Å². The Morgan fingerprint density at radius 3 is 2.85 bits per heavy atom. The number of alkyl halides is 2. The standard InChI is InChI=1S/C18H14BrF2NO4/c19-13-3-5-14(26-18(20)21)12(8-13)2-6-17(23)22-9-11-1-4-15-16(7-11)25-10-24-15/h1-8,18H,9-10H2,(H,22,23)/b6-2+. The van der Waals surface area contributed by atoms with E-state index in [2.05, 4.69) is 26.0 Å². The van der Waals surface area contributed by atoms with Crippen molar-refractivity contribution >= 4 is 27.9 Å². The van der Waals surface area contributed by atoms with Crippen molar-refractivity contribution in [2.45, 2.75) is 13.2 Å². The Kier molecular flexibility index (Phi) is 5.72. The lowest BCUT2D eigenvalue weighted by Gasteiger charge is -2.08. The summed E-state index contributed by atoms with van der Waals surface area (Å²) in [5, 5.41) is 2.71. The minimum Gasteiger partial charge on any atom is -0.454 e. The molecule has 8 heteroatoms. The average molecular weight is 426 g/mol. The Balaban J connectivity index is 1.62. The molecule has 0 aromatic heterocycles. The minimum absolute atomic E-state index is 0.0111. The van der Waals surface area contributed by atoms with Crippen LogP contribution in [0.4, 0.5) is 8.78 Å². The van der Waals surface area contributed by atoms with Gasteiger partial charge < -0.3 is 19.5 Å². The number of nitrogens with one attached hydrogen (secondary N) is 1. The first-order valence-corrected chi connectivity index (χ1v) is 8.39. The predicted octanol–water partition coefficient (Wildman–Crippen LogP) is 4.11. The van der Waals surface area contributed by atoms with Crippen LogP contribution < -0.4 is 19.5 Å². The van der Waals surface area contributed by atoms with E-state index in [1.165, 1.54) is 18.2 Å². The molecule has 2 aromatic carbocycles. The predicted molar refractivity (Wildman–Crippen MR) is 94.2 cm³/mol. The van der Waals surface area contributed by atoms with E-state index in [1.54, 1.807) is 24.3 Å². The van der Waals surface area contributed by atoms with Gasteiger partial charge in [-0.1, -0.05) is 22.0 Å². The Morgan fingerprint density at radius 1 is 1.23 bits per heavy atom. The van der Waals surface area contributed by atoms with Crippen molar-refractivity contribution in [2.75, 3.05) is 6.79 Å². The molecule has 0 spiro atoms. The van der Waals surface area contributed by atoms with Gasteiger partial charge in [0, 0.05) is 22.7 Å². The highest BCUT2D eigenvalue weighted by atomic mass is 79.9. The molecule has 0 atom stereocenters. The van der Waals surface area contributed by atoms with E-state index in [-0.39, 0.29) is 18.4 Å². The van der Waals surface area contributed by atoms with Gasteiger partial charge in [-0.15, -0.1) is 0 Å². The molecule has 0 unspecified atom stereocenters. The number of hydrogen-bond acceptors (Lipinski definition) is 4. The first-order valence-electron chi connectivity index (χ1n) is 7.60. The molecule has 0 aliphatic carbocycles. The van der Waals surface area contributed by atoms with E-state index in [0.717, 1.165) is 5.56 Å². The lowest BCUT2D eigenvalue weighted by atomic mass is 10.2. The molecule has 1 aliphatic rings. The molecule has 0 radical (unpaired) electrons. The number of carbonyl (C=O) groups excluding carboxylic acids is 1. The summed E-state index contributed by atoms with van der Waals surface area (Å²) in [6.07, 6.45) is 2.67. The first kappa shape index (κ1) is 18.2. The van der Waals surface area contributed by atoms with Crippen LogP contribution in [-0.4, -0.2) is 19.3 Å². The van der Waals surface area contributed by atoms with Crippen LogP contribution in [0.3, 0.4) is 0 Å². The minimum atomic E-state index is -2.94. The van der Waals surface area contributed by atoms with Gasteiger partial charge in [-0.2, -0.15) is 8.78 Å². The normalized spacial score (nSPS) is 12.6. The summed E-state index contributed by atoms with van der Waals surface area (Å²) >= 11 is 3.26. The molecule has 1 aliphatic heterocycles. The summed E-state index contributed by atoms with van der Waals surface area (Å²) in [5.41, 5.74) is 1.21. The van der Waals surface area contributed by atoms with Crippen LogP contribution in [0.25, 0.3) is 6.08 Å². The fourth-order valence-electron chi connectivity index (χ4n) is 2.32. The summed E-state index contributed by atoms with van der Waals surface area (Å²) in [4.78, 5) is 12.0. The van der Waals surface area contributed by atoms with Gasteiger partial charge in [0.1, 0.15) is 5.75 Å². The Morgan fingerprint density at radius 2 is 2.04 bits per heavy atom. The number of rotatable bonds is 6. The third-order valence-electron chi connectivity index (χ3n) is 3.51. The fourth-order valence-corrected chi connectivity index (χ4v) is 2.70. The van der Waals surface area contributed by atoms with Crippen molar-refractivity contribution in [3.05, 3.63) is 58.1 Å². The van der Waals surface area contributed by atoms with Crippen LogP contribution in [-0.2, 0) is 11.3 Å². The van der Waals surface area contributed by atoms with E-state index in [4.69, 9.17) is 9.47 Å². The number of benzene rings is 2. The van der Waals surface area contributed by atoms with E-state index >= 15 is 0 Å². The second-order valence-corrected chi connectivity index (χ2v) is 6.22. The van der Waals surface area contributed by atoms with Gasteiger partial charge in [-0.05, 0) is 42.0 Å². The second-order valence-electron chi connectivity index (χ2n) is 5.30. The molecule has 2 aromatic rings. The van der Waals surface area contributed by atoms with Gasteiger partial charge in [0.15, 0.2) is 11.5 Å². The van der Waals surface area contributed by atoms with E-state index in [9.17, 15) is 13.6 Å². The van der Waals surface area contributed by atoms with Crippen molar-refractivity contribution < 1.29 is 27.8 Å². The molecule has 0 saturated heterocycles. The second kappa shape index (κ2) is 8.18. The van der Waals surface area contributed by atoms with Crippen molar-refractivity contribution in [1.82, 2.24) is 5.32 Å². The first-order chi connectivity index (χ1) is 12.5. The number of amides is 1. The molecule has 5 nitrogen and oxygen atoms in total. The van der Waals surface area contributed by atoms with Crippen LogP contribution in [0.5, 0.6) is 17.2 Å². The zero-order valence-electron chi connectivity index (χ0n) is 13.4. The molecule has 0 saturated carbocycles. The molecule has 0 fully saturated rings. The van der Waals surface area contributed by atoms with Crippen molar-refractivity contribution in [3.63, 3.8) is 0 Å². The molecule has 1 N–H and O–H groups in total. The highest BCUT2D eigenvalue weighted by molar-refractivity contribution is 9.10. The van der Waals surface area contributed by atoms with Crippen LogP contribution in [0.2, 0.25) is 0 Å². The topological polar surface area (TPSA) is 56.8 Å². The van der Waals surface area contributed by atoms with Crippen molar-refractivity contribution in [3.8, 4) is 17.2 Å². The number of halogens is 3. The molecular weight excluding hydrogens is 412 g/mol. The van der Waals surface area contributed by atoms with Crippen LogP contribution in [0, 0.1) is 0 Å². The number of fused-ring (bicyclic) bond motifs is 1. The molecular formula is C18H14BrF2NO4. The quantitative estimate of drug-likeness (QED) is 0.707. The summed E-state index contributed by atoms with van der Waals surface area (Å²) in [7, 11) is 0. The summed E-state index contributed by atoms with van der Waals surface area (Å²) in [6, 6.07) is 9.94. The summed E-state index contributed by atoms with van der Waals surface area (Å²) in [6.45, 7) is -2.47. The maximum absolute atomic E-state index is 12.4. The highest BCUT2D eigenvalue weighted by Gasteiger charge is 2.13. The van der Waals surface area contributed by atoms with E-state index in [0.29, 0.717) is 28.1 Å². The van der Waals surface area contributed by atoms with Gasteiger partial charge in [0.2, 0.25) is 12.7 Å². The number of hydrogen-bond donors (Lipinski definition) is 1. The molecule has 0 bridgehead atoms. The van der Waals surface area contributed by atoms with Crippen molar-refractivity contribution in [2.24, 2.45) is 0 Å². The maximum atomic E-state index is 12.4. The fraction of sp³-hybridized carbons (Fsp3) is 0.167.